The van der Waals surface area contributed by atoms with E-state index in [9.17, 15) is 9.59 Å². The topological polar surface area (TPSA) is 88.5 Å². The zero-order valence-corrected chi connectivity index (χ0v) is 18.5. The van der Waals surface area contributed by atoms with E-state index in [1.807, 2.05) is 37.3 Å². The summed E-state index contributed by atoms with van der Waals surface area (Å²) in [6, 6.07) is 12.9. The van der Waals surface area contributed by atoms with Crippen molar-refractivity contribution in [1.82, 2.24) is 19.8 Å². The molecule has 2 amide bonds. The number of methoxy groups -OCH3 is 1. The smallest absolute Gasteiger partial charge is 0.319 e. The average Bonchev–Trinajstić information content (AvgIpc) is 2.80. The predicted octanol–water partition coefficient (Wildman–Crippen LogP) is 3.00. The number of piperidine rings is 1. The van der Waals surface area contributed by atoms with Crippen LogP contribution >= 0.6 is 0 Å². The minimum Gasteiger partial charge on any atom is -0.495 e. The lowest BCUT2D eigenvalue weighted by atomic mass is 10.1. The van der Waals surface area contributed by atoms with Gasteiger partial charge in [-0.15, -0.1) is 0 Å². The quantitative estimate of drug-likeness (QED) is 0.621. The first-order valence-corrected chi connectivity index (χ1v) is 10.9. The summed E-state index contributed by atoms with van der Waals surface area (Å²) in [5, 5.41) is 5.96. The number of nitrogens with one attached hydrogen (secondary N) is 2. The summed E-state index contributed by atoms with van der Waals surface area (Å²) in [7, 11) is 1.59. The van der Waals surface area contributed by atoms with Crippen LogP contribution in [0.25, 0.3) is 11.0 Å². The molecule has 3 aromatic rings. The van der Waals surface area contributed by atoms with Crippen LogP contribution in [0.5, 0.6) is 5.75 Å². The van der Waals surface area contributed by atoms with Crippen molar-refractivity contribution in [3.63, 3.8) is 0 Å². The van der Waals surface area contributed by atoms with Gasteiger partial charge in [0.05, 0.1) is 24.3 Å². The van der Waals surface area contributed by atoms with Crippen molar-refractivity contribution in [2.75, 3.05) is 32.1 Å². The zero-order valence-electron chi connectivity index (χ0n) is 18.5. The molecule has 0 atom stereocenters. The van der Waals surface area contributed by atoms with Crippen LogP contribution < -0.4 is 20.9 Å². The Hall–Kier alpha value is -3.39. The second kappa shape index (κ2) is 9.82. The molecule has 1 saturated heterocycles. The number of benzene rings is 1. The average molecular weight is 436 g/mol. The van der Waals surface area contributed by atoms with Crippen LogP contribution in [-0.4, -0.2) is 53.3 Å². The lowest BCUT2D eigenvalue weighted by Crippen LogP contribution is -2.46. The molecule has 0 saturated carbocycles. The summed E-state index contributed by atoms with van der Waals surface area (Å²) in [4.78, 5) is 31.5. The van der Waals surface area contributed by atoms with E-state index in [-0.39, 0.29) is 17.6 Å². The SMILES string of the molecule is COc1cnc2ccc(=O)n(CCN3CCC(NC(=O)Nc4ccc(C)cc4)CC3)c2c1. The lowest BCUT2D eigenvalue weighted by molar-refractivity contribution is 0.191. The highest BCUT2D eigenvalue weighted by molar-refractivity contribution is 5.89. The number of aryl methyl sites for hydroxylation is 1. The Labute approximate surface area is 187 Å². The first-order chi connectivity index (χ1) is 15.5. The highest BCUT2D eigenvalue weighted by atomic mass is 16.5. The maximum atomic E-state index is 12.5. The summed E-state index contributed by atoms with van der Waals surface area (Å²) >= 11 is 0. The molecule has 0 spiro atoms. The van der Waals surface area contributed by atoms with E-state index in [2.05, 4.69) is 20.5 Å². The number of carbonyl (C=O) groups excluding carboxylic acids is 1. The number of hydrogen-bond acceptors (Lipinski definition) is 5. The monoisotopic (exact) mass is 435 g/mol. The molecule has 0 radical (unpaired) electrons. The Morgan fingerprint density at radius 2 is 1.88 bits per heavy atom. The van der Waals surface area contributed by atoms with Gasteiger partial charge in [0.1, 0.15) is 5.75 Å². The molecule has 2 aromatic heterocycles. The third-order valence-corrected chi connectivity index (χ3v) is 5.92. The van der Waals surface area contributed by atoms with E-state index in [0.29, 0.717) is 12.3 Å². The standard InChI is InChI=1S/C24H29N5O3/c1-17-3-5-18(6-4-17)26-24(31)27-19-9-11-28(12-10-19)13-14-29-22-15-20(32-2)16-25-21(22)7-8-23(29)30/h3-8,15-16,19H,9-14H2,1-2H3,(H2,26,27,31). The van der Waals surface area contributed by atoms with E-state index in [1.54, 1.807) is 30.0 Å². The van der Waals surface area contributed by atoms with Crippen LogP contribution in [0.3, 0.4) is 0 Å². The summed E-state index contributed by atoms with van der Waals surface area (Å²) in [6.07, 6.45) is 3.41. The molecule has 1 aliphatic rings. The van der Waals surface area contributed by atoms with Gasteiger partial charge in [-0.2, -0.15) is 0 Å². The number of hydrogen-bond donors (Lipinski definition) is 2. The van der Waals surface area contributed by atoms with E-state index in [4.69, 9.17) is 4.74 Å². The van der Waals surface area contributed by atoms with Gasteiger partial charge in [0.15, 0.2) is 0 Å². The van der Waals surface area contributed by atoms with Crippen molar-refractivity contribution in [1.29, 1.82) is 0 Å². The van der Waals surface area contributed by atoms with E-state index in [0.717, 1.165) is 54.8 Å². The van der Waals surface area contributed by atoms with Gasteiger partial charge >= 0.3 is 6.03 Å². The molecule has 8 nitrogen and oxygen atoms in total. The third kappa shape index (κ3) is 5.26. The first kappa shape index (κ1) is 21.8. The summed E-state index contributed by atoms with van der Waals surface area (Å²) in [5.41, 5.74) is 3.45. The van der Waals surface area contributed by atoms with Crippen molar-refractivity contribution in [3.05, 3.63) is 64.6 Å². The fourth-order valence-corrected chi connectivity index (χ4v) is 4.02. The second-order valence-corrected chi connectivity index (χ2v) is 8.18. The van der Waals surface area contributed by atoms with Crippen LogP contribution in [0.15, 0.2) is 53.5 Å². The lowest BCUT2D eigenvalue weighted by Gasteiger charge is -2.32. The normalized spacial score (nSPS) is 14.9. The van der Waals surface area contributed by atoms with Gasteiger partial charge in [0.25, 0.3) is 5.56 Å². The molecule has 2 N–H and O–H groups in total. The van der Waals surface area contributed by atoms with Gasteiger partial charge in [-0.25, -0.2) is 4.79 Å². The van der Waals surface area contributed by atoms with Gasteiger partial charge in [-0.3, -0.25) is 9.78 Å². The Kier molecular flexibility index (Phi) is 6.70. The number of amides is 2. The van der Waals surface area contributed by atoms with Gasteiger partial charge in [0.2, 0.25) is 0 Å². The number of urea groups is 1. The maximum absolute atomic E-state index is 12.5. The molecule has 1 aliphatic heterocycles. The summed E-state index contributed by atoms with van der Waals surface area (Å²) in [5.74, 6) is 0.632. The van der Waals surface area contributed by atoms with Crippen molar-refractivity contribution >= 4 is 22.8 Å². The number of pyridine rings is 2. The number of rotatable bonds is 6. The van der Waals surface area contributed by atoms with Crippen LogP contribution in [0, 0.1) is 6.92 Å². The second-order valence-electron chi connectivity index (χ2n) is 8.18. The largest absolute Gasteiger partial charge is 0.495 e. The fourth-order valence-electron chi connectivity index (χ4n) is 4.02. The molecular weight excluding hydrogens is 406 g/mol. The molecular formula is C24H29N5O3. The van der Waals surface area contributed by atoms with Crippen molar-refractivity contribution in [3.8, 4) is 5.75 Å². The highest BCUT2D eigenvalue weighted by Gasteiger charge is 2.21. The summed E-state index contributed by atoms with van der Waals surface area (Å²) < 4.78 is 7.02. The molecule has 0 aliphatic carbocycles. The van der Waals surface area contributed by atoms with E-state index < -0.39 is 0 Å². The molecule has 4 rings (SSSR count). The van der Waals surface area contributed by atoms with Crippen molar-refractivity contribution in [2.45, 2.75) is 32.4 Å². The van der Waals surface area contributed by atoms with Crippen molar-refractivity contribution in [2.24, 2.45) is 0 Å². The Morgan fingerprint density at radius 3 is 2.59 bits per heavy atom. The number of aromatic nitrogens is 2. The number of nitrogens with zero attached hydrogens (tertiary/aromatic N) is 3. The minimum absolute atomic E-state index is 0.0446. The van der Waals surface area contributed by atoms with Gasteiger partial charge in [-0.05, 0) is 38.0 Å². The molecule has 0 unspecified atom stereocenters. The van der Waals surface area contributed by atoms with Crippen LogP contribution in [-0.2, 0) is 6.54 Å². The van der Waals surface area contributed by atoms with Crippen LogP contribution in [0.1, 0.15) is 18.4 Å². The molecule has 3 heterocycles. The zero-order chi connectivity index (χ0) is 22.5. The molecule has 1 aromatic carbocycles. The molecule has 32 heavy (non-hydrogen) atoms. The molecule has 1 fully saturated rings. The molecule has 168 valence electrons. The summed E-state index contributed by atoms with van der Waals surface area (Å²) in [6.45, 7) is 5.10. The van der Waals surface area contributed by atoms with Crippen LogP contribution in [0.4, 0.5) is 10.5 Å². The van der Waals surface area contributed by atoms with Crippen molar-refractivity contribution < 1.29 is 9.53 Å². The highest BCUT2D eigenvalue weighted by Crippen LogP contribution is 2.17. The number of fused-ring (bicyclic) bond motifs is 1. The van der Waals surface area contributed by atoms with E-state index >= 15 is 0 Å². The maximum Gasteiger partial charge on any atom is 0.319 e. The number of ether oxygens (including phenoxy) is 1. The third-order valence-electron chi connectivity index (χ3n) is 5.92. The number of likely N-dealkylation sites (tertiary alicyclic amines) is 1. The van der Waals surface area contributed by atoms with Crippen LogP contribution in [0.2, 0.25) is 0 Å². The Balaban J connectivity index is 1.29. The number of carbonyl (C=O) groups is 1. The fraction of sp³-hybridized carbons (Fsp3) is 0.375. The molecule has 0 bridgehead atoms. The van der Waals surface area contributed by atoms with E-state index in [1.165, 1.54) is 0 Å². The Bertz CT molecular complexity index is 1130. The molecule has 8 heteroatoms. The Morgan fingerprint density at radius 1 is 1.12 bits per heavy atom. The van der Waals surface area contributed by atoms with Gasteiger partial charge < -0.3 is 24.8 Å². The van der Waals surface area contributed by atoms with Gasteiger partial charge in [0, 0.05) is 50.0 Å². The van der Waals surface area contributed by atoms with Gasteiger partial charge in [-0.1, -0.05) is 17.7 Å². The predicted molar refractivity (Wildman–Crippen MR) is 125 cm³/mol. The first-order valence-electron chi connectivity index (χ1n) is 10.9. The minimum atomic E-state index is -0.170. The number of anilines is 1.